The minimum atomic E-state index is -1.51. The van der Waals surface area contributed by atoms with Crippen molar-refractivity contribution in [1.29, 1.82) is 0 Å². The number of ether oxygens (including phenoxy) is 1. The molecule has 1 atom stereocenters. The fourth-order valence-corrected chi connectivity index (χ4v) is 3.97. The average Bonchev–Trinajstić information content (AvgIpc) is 2.81. The van der Waals surface area contributed by atoms with Crippen LogP contribution in [0.1, 0.15) is 43.0 Å². The molecule has 174 valence electrons. The van der Waals surface area contributed by atoms with Crippen molar-refractivity contribution in [3.8, 4) is 0 Å². The standard InChI is InChI=1S/C27H27N3O4/c1-26(2,3)34-25(33)29-16-18-9-11-21(12-10-18)27(24(31)32)22(19-7-5-4-6-8-19)15-20-17-28-14-13-23(20)30-27/h4-15,17,30H,16H2,1-3H3,(H,29,33)(H,31,32). The Hall–Kier alpha value is -4.13. The lowest BCUT2D eigenvalue weighted by Gasteiger charge is -2.38. The van der Waals surface area contributed by atoms with Crippen molar-refractivity contribution in [2.45, 2.75) is 38.5 Å². The Balaban J connectivity index is 1.70. The first-order valence-corrected chi connectivity index (χ1v) is 11.0. The predicted molar refractivity (Wildman–Crippen MR) is 131 cm³/mol. The number of aliphatic carboxylic acids is 1. The number of benzene rings is 2. The molecule has 0 spiro atoms. The van der Waals surface area contributed by atoms with Gasteiger partial charge in [0.15, 0.2) is 5.54 Å². The van der Waals surface area contributed by atoms with Gasteiger partial charge in [-0.1, -0.05) is 54.6 Å². The maximum Gasteiger partial charge on any atom is 0.407 e. The molecule has 1 unspecified atom stereocenters. The Bertz CT molecular complexity index is 1230. The summed E-state index contributed by atoms with van der Waals surface area (Å²) in [5.74, 6) is -1.02. The smallest absolute Gasteiger partial charge is 0.407 e. The molecule has 0 saturated heterocycles. The van der Waals surface area contributed by atoms with E-state index in [1.165, 1.54) is 0 Å². The number of aromatic nitrogens is 1. The molecule has 3 N–H and O–H groups in total. The number of hydrogen-bond acceptors (Lipinski definition) is 5. The lowest BCUT2D eigenvalue weighted by Crippen LogP contribution is -2.46. The van der Waals surface area contributed by atoms with Crippen LogP contribution >= 0.6 is 0 Å². The molecule has 0 aliphatic carbocycles. The number of anilines is 1. The Morgan fingerprint density at radius 2 is 1.76 bits per heavy atom. The average molecular weight is 458 g/mol. The number of fused-ring (bicyclic) bond motifs is 1. The van der Waals surface area contributed by atoms with E-state index in [2.05, 4.69) is 15.6 Å². The number of carboxylic acid groups (broad SMARTS) is 1. The topological polar surface area (TPSA) is 101 Å². The summed E-state index contributed by atoms with van der Waals surface area (Å²) in [5, 5.41) is 16.6. The van der Waals surface area contributed by atoms with Crippen LogP contribution in [-0.4, -0.2) is 27.8 Å². The highest BCUT2D eigenvalue weighted by Crippen LogP contribution is 2.45. The summed E-state index contributed by atoms with van der Waals surface area (Å²) >= 11 is 0. The third-order valence-corrected chi connectivity index (χ3v) is 5.51. The van der Waals surface area contributed by atoms with Gasteiger partial charge in [-0.25, -0.2) is 9.59 Å². The first-order chi connectivity index (χ1) is 16.2. The van der Waals surface area contributed by atoms with E-state index in [-0.39, 0.29) is 6.54 Å². The van der Waals surface area contributed by atoms with E-state index in [0.29, 0.717) is 16.8 Å². The van der Waals surface area contributed by atoms with Crippen molar-refractivity contribution in [2.75, 3.05) is 5.32 Å². The van der Waals surface area contributed by atoms with Gasteiger partial charge in [-0.15, -0.1) is 0 Å². The number of pyridine rings is 1. The zero-order valence-electron chi connectivity index (χ0n) is 19.3. The molecule has 1 aliphatic heterocycles. The Morgan fingerprint density at radius 3 is 2.41 bits per heavy atom. The lowest BCUT2D eigenvalue weighted by atomic mass is 9.76. The zero-order chi connectivity index (χ0) is 24.3. The van der Waals surface area contributed by atoms with Crippen molar-refractivity contribution >= 4 is 29.4 Å². The van der Waals surface area contributed by atoms with Crippen LogP contribution in [0.15, 0.2) is 73.1 Å². The van der Waals surface area contributed by atoms with Gasteiger partial charge in [-0.2, -0.15) is 0 Å². The van der Waals surface area contributed by atoms with Gasteiger partial charge in [-0.05, 0) is 49.6 Å². The largest absolute Gasteiger partial charge is 0.479 e. The van der Waals surface area contributed by atoms with E-state index in [1.807, 2.05) is 48.5 Å². The molecule has 7 heteroatoms. The Morgan fingerprint density at radius 1 is 1.06 bits per heavy atom. The van der Waals surface area contributed by atoms with E-state index >= 15 is 0 Å². The molecule has 4 rings (SSSR count). The summed E-state index contributed by atoms with van der Waals surface area (Å²) in [5.41, 5.74) is 2.21. The Kier molecular flexibility index (Phi) is 6.11. The van der Waals surface area contributed by atoms with Crippen molar-refractivity contribution < 1.29 is 19.4 Å². The van der Waals surface area contributed by atoms with Crippen molar-refractivity contribution in [2.24, 2.45) is 0 Å². The number of carboxylic acids is 1. The van der Waals surface area contributed by atoms with E-state index < -0.39 is 23.2 Å². The van der Waals surface area contributed by atoms with E-state index in [0.717, 1.165) is 16.7 Å². The maximum atomic E-state index is 12.9. The maximum absolute atomic E-state index is 12.9. The molecule has 2 heterocycles. The molecule has 0 radical (unpaired) electrons. The van der Waals surface area contributed by atoms with Crippen LogP contribution in [0.5, 0.6) is 0 Å². The first-order valence-electron chi connectivity index (χ1n) is 11.0. The van der Waals surface area contributed by atoms with Crippen LogP contribution in [0.3, 0.4) is 0 Å². The van der Waals surface area contributed by atoms with Crippen molar-refractivity contribution in [3.63, 3.8) is 0 Å². The van der Waals surface area contributed by atoms with Crippen LogP contribution in [0.25, 0.3) is 11.6 Å². The number of hydrogen-bond donors (Lipinski definition) is 3. The van der Waals surface area contributed by atoms with Gasteiger partial charge in [0, 0.05) is 35.8 Å². The highest BCUT2D eigenvalue weighted by Gasteiger charge is 2.47. The number of rotatable bonds is 5. The number of carbonyl (C=O) groups is 2. The SMILES string of the molecule is CC(C)(C)OC(=O)NCc1ccc(C2(C(=O)O)Nc3ccncc3C=C2c2ccccc2)cc1. The third kappa shape index (κ3) is 4.64. The summed E-state index contributed by atoms with van der Waals surface area (Å²) in [6, 6.07) is 18.4. The normalized spacial score (nSPS) is 17.1. The van der Waals surface area contributed by atoms with Gasteiger partial charge in [0.25, 0.3) is 0 Å². The van der Waals surface area contributed by atoms with Gasteiger partial charge in [0.2, 0.25) is 0 Å². The van der Waals surface area contributed by atoms with Gasteiger partial charge in [0.1, 0.15) is 5.60 Å². The monoisotopic (exact) mass is 457 g/mol. The lowest BCUT2D eigenvalue weighted by molar-refractivity contribution is -0.140. The van der Waals surface area contributed by atoms with E-state index in [4.69, 9.17) is 4.74 Å². The van der Waals surface area contributed by atoms with Gasteiger partial charge in [0.05, 0.1) is 0 Å². The summed E-state index contributed by atoms with van der Waals surface area (Å²) < 4.78 is 5.27. The molecule has 1 amide bonds. The summed E-state index contributed by atoms with van der Waals surface area (Å²) in [7, 11) is 0. The van der Waals surface area contributed by atoms with E-state index in [9.17, 15) is 14.7 Å². The zero-order valence-corrected chi connectivity index (χ0v) is 19.3. The molecule has 2 aromatic carbocycles. The first kappa shape index (κ1) is 23.0. The summed E-state index contributed by atoms with van der Waals surface area (Å²) in [6.45, 7) is 5.67. The summed E-state index contributed by atoms with van der Waals surface area (Å²) in [6.07, 6.45) is 4.71. The quantitative estimate of drug-likeness (QED) is 0.496. The van der Waals surface area contributed by atoms with Crippen LogP contribution in [0.4, 0.5) is 10.5 Å². The van der Waals surface area contributed by atoms with Crippen LogP contribution in [0.2, 0.25) is 0 Å². The molecule has 1 aliphatic rings. The van der Waals surface area contributed by atoms with Crippen LogP contribution in [0, 0.1) is 0 Å². The fraction of sp³-hybridized carbons (Fsp3) is 0.222. The molecule has 0 fully saturated rings. The highest BCUT2D eigenvalue weighted by molar-refractivity contribution is 6.08. The molecule has 3 aromatic rings. The number of alkyl carbamates (subject to hydrolysis) is 1. The third-order valence-electron chi connectivity index (χ3n) is 5.51. The van der Waals surface area contributed by atoms with Crippen molar-refractivity contribution in [3.05, 3.63) is 95.3 Å². The second kappa shape index (κ2) is 9.02. The molecule has 34 heavy (non-hydrogen) atoms. The highest BCUT2D eigenvalue weighted by atomic mass is 16.6. The van der Waals surface area contributed by atoms with Gasteiger partial charge >= 0.3 is 12.1 Å². The van der Waals surface area contributed by atoms with Crippen molar-refractivity contribution in [1.82, 2.24) is 10.3 Å². The molecule has 0 bridgehead atoms. The summed E-state index contributed by atoms with van der Waals surface area (Å²) in [4.78, 5) is 29.1. The van der Waals surface area contributed by atoms with E-state index in [1.54, 1.807) is 51.4 Å². The molecular formula is C27H27N3O4. The molecular weight excluding hydrogens is 430 g/mol. The van der Waals surface area contributed by atoms with Crippen LogP contribution < -0.4 is 10.6 Å². The minimum Gasteiger partial charge on any atom is -0.479 e. The van der Waals surface area contributed by atoms with Crippen LogP contribution in [-0.2, 0) is 21.6 Å². The fourth-order valence-electron chi connectivity index (χ4n) is 3.97. The molecule has 0 saturated carbocycles. The molecule has 1 aromatic heterocycles. The van der Waals surface area contributed by atoms with Gasteiger partial charge < -0.3 is 20.5 Å². The molecule has 7 nitrogen and oxygen atoms in total. The number of nitrogens with zero attached hydrogens (tertiary/aromatic N) is 1. The predicted octanol–water partition coefficient (Wildman–Crippen LogP) is 5.05. The second-order valence-electron chi connectivity index (χ2n) is 9.12. The number of amides is 1. The number of nitrogens with one attached hydrogen (secondary N) is 2. The number of carbonyl (C=O) groups excluding carboxylic acids is 1. The Labute approximate surface area is 198 Å². The van der Waals surface area contributed by atoms with Gasteiger partial charge in [-0.3, -0.25) is 4.98 Å². The second-order valence-corrected chi connectivity index (χ2v) is 9.12. The minimum absolute atomic E-state index is 0.262.